The maximum absolute atomic E-state index is 12.3. The molecule has 1 N–H and O–H groups in total. The number of hydrogen-bond acceptors (Lipinski definition) is 2. The summed E-state index contributed by atoms with van der Waals surface area (Å²) in [5.74, 6) is 0.411. The Morgan fingerprint density at radius 1 is 1.42 bits per heavy atom. The van der Waals surface area contributed by atoms with Gasteiger partial charge in [0.25, 0.3) is 5.91 Å². The number of nitrogens with one attached hydrogen (secondary N) is 1. The molecule has 0 bridgehead atoms. The first-order chi connectivity index (χ1) is 9.11. The van der Waals surface area contributed by atoms with E-state index in [9.17, 15) is 4.79 Å². The molecule has 19 heavy (non-hydrogen) atoms. The Balaban J connectivity index is 2.09. The molecule has 1 aromatic rings. The highest BCUT2D eigenvalue weighted by Gasteiger charge is 2.26. The van der Waals surface area contributed by atoms with Gasteiger partial charge in [0.15, 0.2) is 0 Å². The molecule has 1 saturated carbocycles. The van der Waals surface area contributed by atoms with E-state index in [2.05, 4.69) is 17.2 Å². The summed E-state index contributed by atoms with van der Waals surface area (Å²) in [6.07, 6.45) is 7.17. The number of halogens is 2. The number of amides is 1. The normalized spacial score (nSPS) is 23.1. The Hall–Kier alpha value is -0.800. The largest absolute Gasteiger partial charge is 0.349 e. The van der Waals surface area contributed by atoms with Crippen LogP contribution in [0.25, 0.3) is 0 Å². The first kappa shape index (κ1) is 14.6. The zero-order valence-electron chi connectivity index (χ0n) is 11.0. The molecule has 5 heteroatoms. The average Bonchev–Trinajstić information content (AvgIpc) is 2.42. The van der Waals surface area contributed by atoms with Crippen molar-refractivity contribution in [3.05, 3.63) is 28.0 Å². The van der Waals surface area contributed by atoms with Crippen LogP contribution in [0.2, 0.25) is 10.2 Å². The second kappa shape index (κ2) is 6.58. The number of nitrogens with zero attached hydrogens (tertiary/aromatic N) is 1. The Kier molecular flexibility index (Phi) is 5.06. The molecule has 2 unspecified atom stereocenters. The molecule has 0 aromatic carbocycles. The molecule has 2 atom stereocenters. The quantitative estimate of drug-likeness (QED) is 0.854. The van der Waals surface area contributed by atoms with Gasteiger partial charge in [0.05, 0.1) is 10.6 Å². The van der Waals surface area contributed by atoms with Crippen molar-refractivity contribution in [2.24, 2.45) is 5.92 Å². The molecule has 3 nitrogen and oxygen atoms in total. The van der Waals surface area contributed by atoms with Gasteiger partial charge in [0.1, 0.15) is 5.15 Å². The molecule has 0 spiro atoms. The summed E-state index contributed by atoms with van der Waals surface area (Å²) in [6, 6.07) is 1.76. The van der Waals surface area contributed by atoms with Crippen LogP contribution in [-0.2, 0) is 0 Å². The second-order valence-electron chi connectivity index (χ2n) is 5.02. The van der Waals surface area contributed by atoms with Crippen molar-refractivity contribution in [2.75, 3.05) is 0 Å². The monoisotopic (exact) mass is 300 g/mol. The third-order valence-electron chi connectivity index (χ3n) is 3.82. The van der Waals surface area contributed by atoms with Gasteiger partial charge in [0, 0.05) is 12.2 Å². The van der Waals surface area contributed by atoms with Crippen molar-refractivity contribution in [1.82, 2.24) is 10.3 Å². The summed E-state index contributed by atoms with van der Waals surface area (Å²) < 4.78 is 0. The van der Waals surface area contributed by atoms with Gasteiger partial charge in [0.2, 0.25) is 0 Å². The van der Waals surface area contributed by atoms with E-state index in [-0.39, 0.29) is 17.1 Å². The van der Waals surface area contributed by atoms with Crippen LogP contribution in [0.4, 0.5) is 0 Å². The van der Waals surface area contributed by atoms with Crippen molar-refractivity contribution in [2.45, 2.75) is 45.1 Å². The van der Waals surface area contributed by atoms with Crippen LogP contribution in [-0.4, -0.2) is 16.9 Å². The van der Waals surface area contributed by atoms with E-state index in [1.54, 1.807) is 0 Å². The standard InChI is InChI=1S/C14H18Cl2N2O/c1-2-9-5-3-4-6-12(9)18-14(19)10-7-13(16)17-8-11(10)15/h7-9,12H,2-6H2,1H3,(H,18,19). The minimum atomic E-state index is -0.153. The Morgan fingerprint density at radius 2 is 2.16 bits per heavy atom. The van der Waals surface area contributed by atoms with E-state index in [4.69, 9.17) is 23.2 Å². The van der Waals surface area contributed by atoms with Crippen molar-refractivity contribution in [3.63, 3.8) is 0 Å². The Bertz CT molecular complexity index is 465. The van der Waals surface area contributed by atoms with Gasteiger partial charge < -0.3 is 5.32 Å². The molecule has 0 aliphatic heterocycles. The maximum atomic E-state index is 12.3. The van der Waals surface area contributed by atoms with Crippen LogP contribution < -0.4 is 5.32 Å². The van der Waals surface area contributed by atoms with Crippen LogP contribution in [0.3, 0.4) is 0 Å². The minimum Gasteiger partial charge on any atom is -0.349 e. The summed E-state index contributed by atoms with van der Waals surface area (Å²) in [5.41, 5.74) is 0.405. The molecule has 1 heterocycles. The van der Waals surface area contributed by atoms with Crippen LogP contribution in [0.15, 0.2) is 12.3 Å². The molecule has 0 radical (unpaired) electrons. The van der Waals surface area contributed by atoms with E-state index >= 15 is 0 Å². The van der Waals surface area contributed by atoms with E-state index in [1.165, 1.54) is 31.5 Å². The molecule has 1 fully saturated rings. The molecule has 1 aliphatic rings. The van der Waals surface area contributed by atoms with Crippen LogP contribution in [0.5, 0.6) is 0 Å². The molecule has 2 rings (SSSR count). The number of rotatable bonds is 3. The highest BCUT2D eigenvalue weighted by Crippen LogP contribution is 2.27. The predicted molar refractivity (Wildman–Crippen MR) is 77.8 cm³/mol. The van der Waals surface area contributed by atoms with Gasteiger partial charge in [-0.3, -0.25) is 4.79 Å². The molecule has 104 valence electrons. The van der Waals surface area contributed by atoms with Gasteiger partial charge >= 0.3 is 0 Å². The van der Waals surface area contributed by atoms with Crippen molar-refractivity contribution >= 4 is 29.1 Å². The van der Waals surface area contributed by atoms with Gasteiger partial charge in [-0.1, -0.05) is 49.4 Å². The topological polar surface area (TPSA) is 42.0 Å². The van der Waals surface area contributed by atoms with E-state index in [0.29, 0.717) is 16.5 Å². The van der Waals surface area contributed by atoms with Crippen LogP contribution in [0.1, 0.15) is 49.4 Å². The molecule has 1 aliphatic carbocycles. The fourth-order valence-corrected chi connectivity index (χ4v) is 3.07. The fraction of sp³-hybridized carbons (Fsp3) is 0.571. The van der Waals surface area contributed by atoms with Crippen molar-refractivity contribution in [1.29, 1.82) is 0 Å². The van der Waals surface area contributed by atoms with Gasteiger partial charge in [-0.25, -0.2) is 4.98 Å². The molecule has 0 saturated heterocycles. The summed E-state index contributed by atoms with van der Waals surface area (Å²) in [7, 11) is 0. The summed E-state index contributed by atoms with van der Waals surface area (Å²) in [5, 5.41) is 3.72. The Morgan fingerprint density at radius 3 is 2.89 bits per heavy atom. The number of carbonyl (C=O) groups excluding carboxylic acids is 1. The Labute approximate surface area is 123 Å². The highest BCUT2D eigenvalue weighted by molar-refractivity contribution is 6.35. The smallest absolute Gasteiger partial charge is 0.253 e. The lowest BCUT2D eigenvalue weighted by atomic mass is 9.83. The lowest BCUT2D eigenvalue weighted by Crippen LogP contribution is -2.42. The first-order valence-electron chi connectivity index (χ1n) is 6.73. The van der Waals surface area contributed by atoms with E-state index < -0.39 is 0 Å². The predicted octanol–water partition coefficient (Wildman–Crippen LogP) is 4.09. The number of pyridine rings is 1. The lowest BCUT2D eigenvalue weighted by Gasteiger charge is -2.31. The minimum absolute atomic E-state index is 0.153. The van der Waals surface area contributed by atoms with Crippen molar-refractivity contribution < 1.29 is 4.79 Å². The number of hydrogen-bond donors (Lipinski definition) is 1. The summed E-state index contributed by atoms with van der Waals surface area (Å²) >= 11 is 11.8. The van der Waals surface area contributed by atoms with Gasteiger partial charge in [-0.15, -0.1) is 0 Å². The van der Waals surface area contributed by atoms with Gasteiger partial charge in [-0.05, 0) is 24.8 Å². The zero-order chi connectivity index (χ0) is 13.8. The highest BCUT2D eigenvalue weighted by atomic mass is 35.5. The van der Waals surface area contributed by atoms with Gasteiger partial charge in [-0.2, -0.15) is 0 Å². The summed E-state index contributed by atoms with van der Waals surface area (Å²) in [6.45, 7) is 2.17. The van der Waals surface area contributed by atoms with E-state index in [0.717, 1.165) is 12.8 Å². The third-order valence-corrected chi connectivity index (χ3v) is 4.32. The zero-order valence-corrected chi connectivity index (χ0v) is 12.5. The lowest BCUT2D eigenvalue weighted by molar-refractivity contribution is 0.0905. The fourth-order valence-electron chi connectivity index (χ4n) is 2.72. The maximum Gasteiger partial charge on any atom is 0.253 e. The molecule has 1 amide bonds. The molecule has 1 aromatic heterocycles. The van der Waals surface area contributed by atoms with Crippen LogP contribution in [0, 0.1) is 5.92 Å². The SMILES string of the molecule is CCC1CCCCC1NC(=O)c1cc(Cl)ncc1Cl. The molecular weight excluding hydrogens is 283 g/mol. The van der Waals surface area contributed by atoms with E-state index in [1.807, 2.05) is 0 Å². The second-order valence-corrected chi connectivity index (χ2v) is 5.81. The molecular formula is C14H18Cl2N2O. The van der Waals surface area contributed by atoms with Crippen molar-refractivity contribution in [3.8, 4) is 0 Å². The summed E-state index contributed by atoms with van der Waals surface area (Å²) in [4.78, 5) is 16.1. The first-order valence-corrected chi connectivity index (χ1v) is 7.49. The average molecular weight is 301 g/mol. The number of carbonyl (C=O) groups is 1. The van der Waals surface area contributed by atoms with Crippen LogP contribution >= 0.6 is 23.2 Å². The third kappa shape index (κ3) is 3.61. The number of aromatic nitrogens is 1.